The van der Waals surface area contributed by atoms with Crippen molar-refractivity contribution in [1.82, 2.24) is 0 Å². The Kier molecular flexibility index (Phi) is 7.01. The van der Waals surface area contributed by atoms with Crippen molar-refractivity contribution in [1.29, 1.82) is 0 Å². The van der Waals surface area contributed by atoms with Crippen molar-refractivity contribution in [2.75, 3.05) is 17.2 Å². The summed E-state index contributed by atoms with van der Waals surface area (Å²) in [4.78, 5) is 23.7. The average Bonchev–Trinajstić information content (AvgIpc) is 2.59. The molecule has 5 nitrogen and oxygen atoms in total. The van der Waals surface area contributed by atoms with Gasteiger partial charge in [0.15, 0.2) is 0 Å². The Morgan fingerprint density at radius 2 is 1.68 bits per heavy atom. The number of para-hydroxylation sites is 1. The second-order valence-electron chi connectivity index (χ2n) is 5.77. The van der Waals surface area contributed by atoms with E-state index < -0.39 is 0 Å². The number of anilines is 2. The van der Waals surface area contributed by atoms with Gasteiger partial charge in [-0.2, -0.15) is 0 Å². The Morgan fingerprint density at radius 1 is 0.960 bits per heavy atom. The van der Waals surface area contributed by atoms with Gasteiger partial charge in [-0.1, -0.05) is 38.0 Å². The van der Waals surface area contributed by atoms with Gasteiger partial charge in [0.05, 0.1) is 12.2 Å². The van der Waals surface area contributed by atoms with E-state index in [1.165, 1.54) is 6.92 Å². The van der Waals surface area contributed by atoms with E-state index in [1.54, 1.807) is 36.4 Å². The van der Waals surface area contributed by atoms with Crippen LogP contribution in [0.2, 0.25) is 0 Å². The molecular formula is C20H24N2O3. The molecule has 0 aliphatic carbocycles. The van der Waals surface area contributed by atoms with E-state index in [0.717, 1.165) is 19.3 Å². The summed E-state index contributed by atoms with van der Waals surface area (Å²) in [5.41, 5.74) is 1.73. The third-order valence-corrected chi connectivity index (χ3v) is 3.58. The second kappa shape index (κ2) is 9.47. The molecule has 2 rings (SSSR count). The standard InChI is InChI=1S/C20H24N2O3/c1-3-4-7-13-25-19-12-6-5-11-18(19)20(24)22-17-10-8-9-16(14-17)21-15(2)23/h5-6,8-12,14H,3-4,7,13H2,1-2H3,(H,21,23)(H,22,24). The van der Waals surface area contributed by atoms with Crippen LogP contribution in [0.1, 0.15) is 43.5 Å². The van der Waals surface area contributed by atoms with Crippen LogP contribution in [0.15, 0.2) is 48.5 Å². The first kappa shape index (κ1) is 18.5. The number of benzene rings is 2. The molecule has 0 aromatic heterocycles. The van der Waals surface area contributed by atoms with E-state index in [4.69, 9.17) is 4.74 Å². The first-order chi connectivity index (χ1) is 12.1. The number of carbonyl (C=O) groups excluding carboxylic acids is 2. The fourth-order valence-corrected chi connectivity index (χ4v) is 2.39. The molecule has 2 amide bonds. The molecule has 2 aromatic carbocycles. The third-order valence-electron chi connectivity index (χ3n) is 3.58. The minimum absolute atomic E-state index is 0.158. The highest BCUT2D eigenvalue weighted by Crippen LogP contribution is 2.21. The van der Waals surface area contributed by atoms with Gasteiger partial charge in [-0.25, -0.2) is 0 Å². The highest BCUT2D eigenvalue weighted by atomic mass is 16.5. The van der Waals surface area contributed by atoms with Crippen LogP contribution in [0.4, 0.5) is 11.4 Å². The van der Waals surface area contributed by atoms with Crippen LogP contribution >= 0.6 is 0 Å². The fraction of sp³-hybridized carbons (Fsp3) is 0.300. The molecular weight excluding hydrogens is 316 g/mol. The fourth-order valence-electron chi connectivity index (χ4n) is 2.39. The monoisotopic (exact) mass is 340 g/mol. The number of nitrogens with one attached hydrogen (secondary N) is 2. The van der Waals surface area contributed by atoms with Gasteiger partial charge in [-0.05, 0) is 36.8 Å². The summed E-state index contributed by atoms with van der Waals surface area (Å²) in [6, 6.07) is 14.2. The number of carbonyl (C=O) groups is 2. The van der Waals surface area contributed by atoms with E-state index in [9.17, 15) is 9.59 Å². The summed E-state index contributed by atoms with van der Waals surface area (Å²) in [5.74, 6) is 0.175. The highest BCUT2D eigenvalue weighted by Gasteiger charge is 2.12. The molecule has 0 bridgehead atoms. The maximum Gasteiger partial charge on any atom is 0.259 e. The first-order valence-electron chi connectivity index (χ1n) is 8.51. The van der Waals surface area contributed by atoms with Crippen molar-refractivity contribution < 1.29 is 14.3 Å². The van der Waals surface area contributed by atoms with E-state index in [0.29, 0.717) is 29.3 Å². The number of amides is 2. The summed E-state index contributed by atoms with van der Waals surface area (Å²) < 4.78 is 5.76. The van der Waals surface area contributed by atoms with Gasteiger partial charge in [0, 0.05) is 18.3 Å². The molecule has 0 radical (unpaired) electrons. The zero-order chi connectivity index (χ0) is 18.1. The Hall–Kier alpha value is -2.82. The van der Waals surface area contributed by atoms with E-state index >= 15 is 0 Å². The average molecular weight is 340 g/mol. The van der Waals surface area contributed by atoms with Crippen LogP contribution in [0, 0.1) is 0 Å². The smallest absolute Gasteiger partial charge is 0.259 e. The van der Waals surface area contributed by atoms with Gasteiger partial charge in [0.25, 0.3) is 5.91 Å². The predicted molar refractivity (Wildman–Crippen MR) is 100 cm³/mol. The van der Waals surface area contributed by atoms with Crippen LogP contribution in [-0.4, -0.2) is 18.4 Å². The van der Waals surface area contributed by atoms with Crippen molar-refractivity contribution in [2.24, 2.45) is 0 Å². The summed E-state index contributed by atoms with van der Waals surface area (Å²) in [7, 11) is 0. The lowest BCUT2D eigenvalue weighted by molar-refractivity contribution is -0.114. The molecule has 0 atom stereocenters. The molecule has 2 N–H and O–H groups in total. The Labute approximate surface area is 148 Å². The number of rotatable bonds is 8. The molecule has 5 heteroatoms. The lowest BCUT2D eigenvalue weighted by Gasteiger charge is -2.12. The number of hydrogen-bond donors (Lipinski definition) is 2. The van der Waals surface area contributed by atoms with Crippen molar-refractivity contribution in [3.8, 4) is 5.75 Å². The zero-order valence-corrected chi connectivity index (χ0v) is 14.7. The summed E-state index contributed by atoms with van der Waals surface area (Å²) >= 11 is 0. The van der Waals surface area contributed by atoms with Gasteiger partial charge >= 0.3 is 0 Å². The van der Waals surface area contributed by atoms with Gasteiger partial charge < -0.3 is 15.4 Å². The molecule has 0 unspecified atom stereocenters. The quantitative estimate of drug-likeness (QED) is 0.697. The maximum atomic E-state index is 12.6. The molecule has 25 heavy (non-hydrogen) atoms. The molecule has 0 saturated carbocycles. The molecule has 0 heterocycles. The molecule has 0 aliphatic rings. The van der Waals surface area contributed by atoms with Crippen LogP contribution in [0.25, 0.3) is 0 Å². The van der Waals surface area contributed by atoms with Crippen LogP contribution in [0.5, 0.6) is 5.75 Å². The first-order valence-corrected chi connectivity index (χ1v) is 8.51. The van der Waals surface area contributed by atoms with Gasteiger partial charge in [-0.15, -0.1) is 0 Å². The Morgan fingerprint density at radius 3 is 2.40 bits per heavy atom. The number of hydrogen-bond acceptors (Lipinski definition) is 3. The molecule has 0 spiro atoms. The topological polar surface area (TPSA) is 67.4 Å². The van der Waals surface area contributed by atoms with Gasteiger partial charge in [0.1, 0.15) is 5.75 Å². The van der Waals surface area contributed by atoms with E-state index in [2.05, 4.69) is 17.6 Å². The normalized spacial score (nSPS) is 10.2. The Bertz CT molecular complexity index is 728. The van der Waals surface area contributed by atoms with E-state index in [-0.39, 0.29) is 11.8 Å². The van der Waals surface area contributed by atoms with Crippen LogP contribution < -0.4 is 15.4 Å². The predicted octanol–water partition coefficient (Wildman–Crippen LogP) is 4.47. The minimum atomic E-state index is -0.244. The summed E-state index contributed by atoms with van der Waals surface area (Å²) in [6.07, 6.45) is 3.19. The van der Waals surface area contributed by atoms with Crippen LogP contribution in [-0.2, 0) is 4.79 Å². The molecule has 0 aliphatic heterocycles. The summed E-state index contributed by atoms with van der Waals surface area (Å²) in [5, 5.41) is 5.54. The van der Waals surface area contributed by atoms with Gasteiger partial charge in [-0.3, -0.25) is 9.59 Å². The molecule has 0 saturated heterocycles. The third kappa shape index (κ3) is 5.95. The minimum Gasteiger partial charge on any atom is -0.493 e. The molecule has 132 valence electrons. The number of unbranched alkanes of at least 4 members (excludes halogenated alkanes) is 2. The van der Waals surface area contributed by atoms with Crippen molar-refractivity contribution in [2.45, 2.75) is 33.1 Å². The lowest BCUT2D eigenvalue weighted by Crippen LogP contribution is -2.14. The number of ether oxygens (including phenoxy) is 1. The Balaban J connectivity index is 2.06. The van der Waals surface area contributed by atoms with Crippen molar-refractivity contribution in [3.05, 3.63) is 54.1 Å². The van der Waals surface area contributed by atoms with E-state index in [1.807, 2.05) is 12.1 Å². The molecule has 2 aromatic rings. The zero-order valence-electron chi connectivity index (χ0n) is 14.7. The van der Waals surface area contributed by atoms with Crippen molar-refractivity contribution >= 4 is 23.2 Å². The summed E-state index contributed by atoms with van der Waals surface area (Å²) in [6.45, 7) is 4.17. The van der Waals surface area contributed by atoms with Crippen molar-refractivity contribution in [3.63, 3.8) is 0 Å². The second-order valence-corrected chi connectivity index (χ2v) is 5.77. The SMILES string of the molecule is CCCCCOc1ccccc1C(=O)Nc1cccc(NC(C)=O)c1. The lowest BCUT2D eigenvalue weighted by atomic mass is 10.1. The van der Waals surface area contributed by atoms with Gasteiger partial charge in [0.2, 0.25) is 5.91 Å². The largest absolute Gasteiger partial charge is 0.493 e. The highest BCUT2D eigenvalue weighted by molar-refractivity contribution is 6.06. The maximum absolute atomic E-state index is 12.6. The molecule has 0 fully saturated rings. The van der Waals surface area contributed by atoms with Crippen LogP contribution in [0.3, 0.4) is 0 Å².